The summed E-state index contributed by atoms with van der Waals surface area (Å²) in [5.41, 5.74) is 0. The number of rotatable bonds is 28. The minimum Gasteiger partial charge on any atom is -0.469 e. The molecule has 208 valence electrons. The predicted molar refractivity (Wildman–Crippen MR) is 130 cm³/mol. The van der Waals surface area contributed by atoms with Gasteiger partial charge in [-0.25, -0.2) is 0 Å². The van der Waals surface area contributed by atoms with Gasteiger partial charge < -0.3 is 37.9 Å². The van der Waals surface area contributed by atoms with Crippen LogP contribution in [0.3, 0.4) is 0 Å². The van der Waals surface area contributed by atoms with E-state index >= 15 is 0 Å². The first-order valence-corrected chi connectivity index (χ1v) is 12.9. The largest absolute Gasteiger partial charge is 0.469 e. The van der Waals surface area contributed by atoms with Gasteiger partial charge in [-0.2, -0.15) is 0 Å². The number of methoxy groups -OCH3 is 1. The molecule has 0 saturated carbocycles. The first-order valence-electron chi connectivity index (χ1n) is 12.9. The molecule has 0 aliphatic rings. The summed E-state index contributed by atoms with van der Waals surface area (Å²) in [6.45, 7) is 7.88. The molecule has 0 fully saturated rings. The van der Waals surface area contributed by atoms with E-state index in [2.05, 4.69) is 11.7 Å². The molecule has 0 N–H and O–H groups in total. The zero-order chi connectivity index (χ0) is 25.7. The maximum absolute atomic E-state index is 11.6. The molecule has 0 heterocycles. The van der Waals surface area contributed by atoms with Crippen LogP contribution in [0.25, 0.3) is 0 Å². The molecule has 0 bridgehead atoms. The van der Waals surface area contributed by atoms with Crippen molar-refractivity contribution in [3.05, 3.63) is 0 Å². The molecule has 35 heavy (non-hydrogen) atoms. The van der Waals surface area contributed by atoms with Gasteiger partial charge >= 0.3 is 11.9 Å². The lowest BCUT2D eigenvalue weighted by Crippen LogP contribution is -2.15. The fourth-order valence-electron chi connectivity index (χ4n) is 2.80. The number of carbonyl (C=O) groups excluding carboxylic acids is 2. The van der Waals surface area contributed by atoms with Crippen molar-refractivity contribution in [3.8, 4) is 0 Å². The van der Waals surface area contributed by atoms with Crippen molar-refractivity contribution in [3.63, 3.8) is 0 Å². The number of esters is 2. The highest BCUT2D eigenvalue weighted by Gasteiger charge is 2.02. The molecular weight excluding hydrogens is 460 g/mol. The molecule has 0 aliphatic carbocycles. The Morgan fingerprint density at radius 3 is 1.31 bits per heavy atom. The van der Waals surface area contributed by atoms with Crippen molar-refractivity contribution in [1.82, 2.24) is 0 Å². The third-order valence-corrected chi connectivity index (χ3v) is 4.76. The Hall–Kier alpha value is -1.30. The van der Waals surface area contributed by atoms with E-state index in [1.165, 1.54) is 32.8 Å². The van der Waals surface area contributed by atoms with Crippen molar-refractivity contribution in [2.45, 2.75) is 58.3 Å². The van der Waals surface area contributed by atoms with Gasteiger partial charge in [-0.15, -0.1) is 0 Å². The minimum absolute atomic E-state index is 0.146. The highest BCUT2D eigenvalue weighted by molar-refractivity contribution is 5.69. The van der Waals surface area contributed by atoms with E-state index in [0.29, 0.717) is 85.7 Å². The van der Waals surface area contributed by atoms with E-state index in [9.17, 15) is 9.59 Å². The third-order valence-electron chi connectivity index (χ3n) is 4.76. The molecule has 10 nitrogen and oxygen atoms in total. The number of hydrogen-bond donors (Lipinski definition) is 0. The Morgan fingerprint density at radius 2 is 0.857 bits per heavy atom. The summed E-state index contributed by atoms with van der Waals surface area (Å²) in [6, 6.07) is 0. The standard InChI is InChI=1S/C25H48O10/c1-3-4-5-6-7-8-9-25(27)35-23-22-34-21-20-33-19-18-32-17-16-31-15-14-30-13-12-29-11-10-24(26)28-2/h3-23H2,1-2H3. The van der Waals surface area contributed by atoms with Crippen LogP contribution in [0.15, 0.2) is 0 Å². The van der Waals surface area contributed by atoms with Gasteiger partial charge in [0.2, 0.25) is 0 Å². The van der Waals surface area contributed by atoms with E-state index in [0.717, 1.165) is 12.8 Å². The van der Waals surface area contributed by atoms with Gasteiger partial charge in [0.25, 0.3) is 0 Å². The van der Waals surface area contributed by atoms with Crippen LogP contribution in [-0.2, 0) is 47.5 Å². The Kier molecular flexibility index (Phi) is 27.9. The van der Waals surface area contributed by atoms with Gasteiger partial charge in [-0.3, -0.25) is 9.59 Å². The summed E-state index contributed by atoms with van der Waals surface area (Å²) in [6.07, 6.45) is 7.67. The normalized spacial score (nSPS) is 11.0. The molecule has 0 saturated heterocycles. The summed E-state index contributed by atoms with van der Waals surface area (Å²) in [4.78, 5) is 22.5. The topological polar surface area (TPSA) is 108 Å². The second-order valence-corrected chi connectivity index (χ2v) is 7.74. The lowest BCUT2D eigenvalue weighted by atomic mass is 10.1. The quantitative estimate of drug-likeness (QED) is 0.116. The van der Waals surface area contributed by atoms with Crippen LogP contribution in [0.1, 0.15) is 58.3 Å². The second kappa shape index (κ2) is 28.9. The number of hydrogen-bond acceptors (Lipinski definition) is 10. The molecule has 0 amide bonds. The Balaban J connectivity index is 3.12. The Bertz CT molecular complexity index is 462. The van der Waals surface area contributed by atoms with Gasteiger partial charge in [-0.05, 0) is 6.42 Å². The third kappa shape index (κ3) is 28.8. The van der Waals surface area contributed by atoms with Crippen molar-refractivity contribution < 1.29 is 47.5 Å². The van der Waals surface area contributed by atoms with Crippen molar-refractivity contribution in [2.75, 3.05) is 93.0 Å². The summed E-state index contributed by atoms with van der Waals surface area (Å²) < 4.78 is 41.9. The highest BCUT2D eigenvalue weighted by Crippen LogP contribution is 2.07. The molecule has 0 aliphatic heterocycles. The SMILES string of the molecule is CCCCCCCCC(=O)OCCOCCOCCOCCOCCOCCOCCC(=O)OC. The highest BCUT2D eigenvalue weighted by atomic mass is 16.6. The smallest absolute Gasteiger partial charge is 0.307 e. The maximum Gasteiger partial charge on any atom is 0.307 e. The van der Waals surface area contributed by atoms with Gasteiger partial charge in [0.1, 0.15) is 6.61 Å². The zero-order valence-corrected chi connectivity index (χ0v) is 21.9. The molecule has 0 rings (SSSR count). The molecule has 0 spiro atoms. The summed E-state index contributed by atoms with van der Waals surface area (Å²) >= 11 is 0. The molecule has 0 unspecified atom stereocenters. The number of ether oxygens (including phenoxy) is 8. The Morgan fingerprint density at radius 1 is 0.457 bits per heavy atom. The average molecular weight is 509 g/mol. The van der Waals surface area contributed by atoms with Gasteiger partial charge in [0.05, 0.1) is 92.8 Å². The van der Waals surface area contributed by atoms with E-state index in [-0.39, 0.29) is 25.0 Å². The van der Waals surface area contributed by atoms with E-state index in [4.69, 9.17) is 33.2 Å². The molecule has 10 heteroatoms. The van der Waals surface area contributed by atoms with Crippen LogP contribution in [0.5, 0.6) is 0 Å². The van der Waals surface area contributed by atoms with E-state index in [1.54, 1.807) is 0 Å². The van der Waals surface area contributed by atoms with E-state index < -0.39 is 0 Å². The lowest BCUT2D eigenvalue weighted by molar-refractivity contribution is -0.145. The summed E-state index contributed by atoms with van der Waals surface area (Å²) in [7, 11) is 1.35. The van der Waals surface area contributed by atoms with Gasteiger partial charge in [-0.1, -0.05) is 39.0 Å². The molecule has 0 aromatic heterocycles. The molecular formula is C25H48O10. The van der Waals surface area contributed by atoms with Crippen LogP contribution in [0.4, 0.5) is 0 Å². The van der Waals surface area contributed by atoms with Crippen LogP contribution < -0.4 is 0 Å². The molecule has 0 atom stereocenters. The minimum atomic E-state index is -0.285. The van der Waals surface area contributed by atoms with Gasteiger partial charge in [0.15, 0.2) is 0 Å². The monoisotopic (exact) mass is 508 g/mol. The fraction of sp³-hybridized carbons (Fsp3) is 0.920. The summed E-state index contributed by atoms with van der Waals surface area (Å²) in [5, 5.41) is 0. The lowest BCUT2D eigenvalue weighted by Gasteiger charge is -2.08. The molecule has 0 aromatic carbocycles. The second-order valence-electron chi connectivity index (χ2n) is 7.74. The zero-order valence-electron chi connectivity index (χ0n) is 21.9. The summed E-state index contributed by atoms with van der Waals surface area (Å²) in [5.74, 6) is -0.431. The van der Waals surface area contributed by atoms with Crippen molar-refractivity contribution in [2.24, 2.45) is 0 Å². The van der Waals surface area contributed by atoms with E-state index in [1.807, 2.05) is 0 Å². The van der Waals surface area contributed by atoms with Crippen LogP contribution in [0, 0.1) is 0 Å². The number of unbranched alkanes of at least 4 members (excludes halogenated alkanes) is 5. The fourth-order valence-corrected chi connectivity index (χ4v) is 2.80. The first-order chi connectivity index (χ1) is 17.2. The van der Waals surface area contributed by atoms with Crippen LogP contribution in [-0.4, -0.2) is 105 Å². The van der Waals surface area contributed by atoms with Crippen LogP contribution in [0.2, 0.25) is 0 Å². The number of carbonyl (C=O) groups is 2. The molecule has 0 aromatic rings. The first kappa shape index (κ1) is 33.7. The molecule has 0 radical (unpaired) electrons. The van der Waals surface area contributed by atoms with Crippen LogP contribution >= 0.6 is 0 Å². The maximum atomic E-state index is 11.6. The van der Waals surface area contributed by atoms with Crippen molar-refractivity contribution in [1.29, 1.82) is 0 Å². The van der Waals surface area contributed by atoms with Gasteiger partial charge in [0, 0.05) is 6.42 Å². The Labute approximate surface area is 211 Å². The van der Waals surface area contributed by atoms with Crippen molar-refractivity contribution >= 4 is 11.9 Å². The average Bonchev–Trinajstić information content (AvgIpc) is 2.86. The predicted octanol–water partition coefficient (Wildman–Crippen LogP) is 2.94.